The molecular weight excluding hydrogens is 272 g/mol. The summed E-state index contributed by atoms with van der Waals surface area (Å²) in [5.74, 6) is -0.900. The molecule has 2 rings (SSSR count). The monoisotopic (exact) mass is 292 g/mol. The van der Waals surface area contributed by atoms with Crippen LogP contribution >= 0.6 is 0 Å². The molecule has 1 saturated heterocycles. The van der Waals surface area contributed by atoms with Crippen LogP contribution in [-0.2, 0) is 20.7 Å². The summed E-state index contributed by atoms with van der Waals surface area (Å²) in [6.07, 6.45) is 0.470. The van der Waals surface area contributed by atoms with Gasteiger partial charge in [-0.1, -0.05) is 18.2 Å². The van der Waals surface area contributed by atoms with Crippen molar-refractivity contribution in [1.29, 1.82) is 0 Å². The number of carbonyl (C=O) groups excluding carboxylic acids is 1. The minimum absolute atomic E-state index is 0.0111. The molecule has 114 valence electrons. The van der Waals surface area contributed by atoms with Gasteiger partial charge in [0, 0.05) is 25.2 Å². The number of ether oxygens (including phenoxy) is 1. The molecule has 1 aromatic carbocycles. The number of carboxylic acids is 1. The Kier molecular flexibility index (Phi) is 5.16. The minimum atomic E-state index is -0.911. The zero-order valence-electron chi connectivity index (χ0n) is 11.8. The molecule has 1 amide bonds. The Hall–Kier alpha value is -2.08. The average Bonchev–Trinajstić information content (AvgIpc) is 2.45. The van der Waals surface area contributed by atoms with Gasteiger partial charge in [-0.3, -0.25) is 9.59 Å². The molecule has 0 radical (unpaired) electrons. The van der Waals surface area contributed by atoms with Crippen LogP contribution in [0.15, 0.2) is 24.3 Å². The number of carboxylic acid groups (broad SMARTS) is 1. The molecule has 0 saturated carbocycles. The number of nitrogens with zero attached hydrogens (tertiary/aromatic N) is 1. The van der Waals surface area contributed by atoms with Gasteiger partial charge in [0.2, 0.25) is 5.91 Å². The summed E-state index contributed by atoms with van der Waals surface area (Å²) < 4.78 is 5.36. The van der Waals surface area contributed by atoms with Gasteiger partial charge in [-0.15, -0.1) is 0 Å². The summed E-state index contributed by atoms with van der Waals surface area (Å²) in [7, 11) is 0. The highest BCUT2D eigenvalue weighted by Crippen LogP contribution is 2.15. The maximum absolute atomic E-state index is 12.2. The average molecular weight is 292 g/mol. The Bertz CT molecular complexity index is 518. The van der Waals surface area contributed by atoms with Gasteiger partial charge in [0.25, 0.3) is 0 Å². The van der Waals surface area contributed by atoms with Gasteiger partial charge >= 0.3 is 5.97 Å². The van der Waals surface area contributed by atoms with Crippen molar-refractivity contribution in [2.75, 3.05) is 25.4 Å². The molecule has 1 aliphatic heterocycles. The third-order valence-electron chi connectivity index (χ3n) is 3.56. The van der Waals surface area contributed by atoms with Crippen LogP contribution in [0.2, 0.25) is 0 Å². The summed E-state index contributed by atoms with van der Waals surface area (Å²) in [5, 5.41) is 8.78. The zero-order valence-corrected chi connectivity index (χ0v) is 11.8. The number of morpholine rings is 1. The first-order valence-corrected chi connectivity index (χ1v) is 7.01. The Balaban J connectivity index is 1.85. The highest BCUT2D eigenvalue weighted by atomic mass is 16.5. The third kappa shape index (κ3) is 4.46. The SMILES string of the molecule is Nc1ccccc1CCC(=O)N1CCOC(CC(=O)O)C1. The molecule has 3 N–H and O–H groups in total. The molecular formula is C15H20N2O4. The van der Waals surface area contributed by atoms with E-state index in [2.05, 4.69) is 0 Å². The second-order valence-electron chi connectivity index (χ2n) is 5.13. The lowest BCUT2D eigenvalue weighted by Crippen LogP contribution is -2.46. The predicted octanol–water partition coefficient (Wildman–Crippen LogP) is 0.903. The molecule has 1 fully saturated rings. The molecule has 1 aromatic rings. The van der Waals surface area contributed by atoms with E-state index in [1.54, 1.807) is 4.90 Å². The molecule has 1 aliphatic rings. The van der Waals surface area contributed by atoms with E-state index in [1.807, 2.05) is 24.3 Å². The highest BCUT2D eigenvalue weighted by molar-refractivity contribution is 5.77. The van der Waals surface area contributed by atoms with Crippen molar-refractivity contribution in [3.8, 4) is 0 Å². The number of benzene rings is 1. The number of rotatable bonds is 5. The lowest BCUT2D eigenvalue weighted by molar-refractivity contribution is -0.147. The molecule has 0 bridgehead atoms. The summed E-state index contributed by atoms with van der Waals surface area (Å²) in [6, 6.07) is 7.49. The van der Waals surface area contributed by atoms with Crippen molar-refractivity contribution in [2.45, 2.75) is 25.4 Å². The van der Waals surface area contributed by atoms with Crippen LogP contribution in [0.25, 0.3) is 0 Å². The number of hydrogen-bond acceptors (Lipinski definition) is 4. The van der Waals surface area contributed by atoms with Gasteiger partial charge in [-0.25, -0.2) is 0 Å². The molecule has 0 spiro atoms. The third-order valence-corrected chi connectivity index (χ3v) is 3.56. The van der Waals surface area contributed by atoms with Crippen molar-refractivity contribution in [3.05, 3.63) is 29.8 Å². The topological polar surface area (TPSA) is 92.9 Å². The van der Waals surface area contributed by atoms with Crippen LogP contribution in [0.5, 0.6) is 0 Å². The molecule has 0 aliphatic carbocycles. The molecule has 0 aromatic heterocycles. The summed E-state index contributed by atoms with van der Waals surface area (Å²) in [6.45, 7) is 1.24. The number of aliphatic carboxylic acids is 1. The summed E-state index contributed by atoms with van der Waals surface area (Å²) >= 11 is 0. The zero-order chi connectivity index (χ0) is 15.2. The number of para-hydroxylation sites is 1. The Morgan fingerprint density at radius 2 is 2.14 bits per heavy atom. The van der Waals surface area contributed by atoms with Gasteiger partial charge in [-0.2, -0.15) is 0 Å². The maximum Gasteiger partial charge on any atom is 0.306 e. The van der Waals surface area contributed by atoms with Crippen LogP contribution in [0.1, 0.15) is 18.4 Å². The van der Waals surface area contributed by atoms with E-state index in [9.17, 15) is 9.59 Å². The number of amides is 1. The first kappa shape index (κ1) is 15.3. The fraction of sp³-hybridized carbons (Fsp3) is 0.467. The van der Waals surface area contributed by atoms with Crippen LogP contribution in [0.4, 0.5) is 5.69 Å². The van der Waals surface area contributed by atoms with E-state index in [1.165, 1.54) is 0 Å². The van der Waals surface area contributed by atoms with E-state index < -0.39 is 12.1 Å². The second kappa shape index (κ2) is 7.08. The molecule has 6 heteroatoms. The second-order valence-corrected chi connectivity index (χ2v) is 5.13. The quantitative estimate of drug-likeness (QED) is 0.787. The van der Waals surface area contributed by atoms with E-state index in [-0.39, 0.29) is 12.3 Å². The van der Waals surface area contributed by atoms with Gasteiger partial charge in [-0.05, 0) is 18.1 Å². The Labute approximate surface area is 123 Å². The van der Waals surface area contributed by atoms with Gasteiger partial charge < -0.3 is 20.5 Å². The van der Waals surface area contributed by atoms with E-state index >= 15 is 0 Å². The molecule has 1 heterocycles. The lowest BCUT2D eigenvalue weighted by Gasteiger charge is -2.32. The van der Waals surface area contributed by atoms with Crippen molar-refractivity contribution >= 4 is 17.6 Å². The summed E-state index contributed by atoms with van der Waals surface area (Å²) in [4.78, 5) is 24.6. The molecule has 1 atom stereocenters. The molecule has 21 heavy (non-hydrogen) atoms. The number of anilines is 1. The van der Waals surface area contributed by atoms with E-state index in [0.717, 1.165) is 5.56 Å². The Morgan fingerprint density at radius 3 is 2.86 bits per heavy atom. The number of nitrogen functional groups attached to an aromatic ring is 1. The van der Waals surface area contributed by atoms with Crippen molar-refractivity contribution in [2.24, 2.45) is 0 Å². The fourth-order valence-corrected chi connectivity index (χ4v) is 2.43. The van der Waals surface area contributed by atoms with E-state index in [4.69, 9.17) is 15.6 Å². The molecule has 6 nitrogen and oxygen atoms in total. The molecule has 1 unspecified atom stereocenters. The normalized spacial score (nSPS) is 18.5. The van der Waals surface area contributed by atoms with Crippen LogP contribution in [0.3, 0.4) is 0 Å². The predicted molar refractivity (Wildman–Crippen MR) is 77.7 cm³/mol. The standard InChI is InChI=1S/C15H20N2O4/c16-13-4-2-1-3-11(13)5-6-14(18)17-7-8-21-12(10-17)9-15(19)20/h1-4,12H,5-10,16H2,(H,19,20). The number of hydrogen-bond donors (Lipinski definition) is 2. The van der Waals surface area contributed by atoms with Crippen molar-refractivity contribution in [3.63, 3.8) is 0 Å². The van der Waals surface area contributed by atoms with E-state index in [0.29, 0.717) is 38.2 Å². The smallest absolute Gasteiger partial charge is 0.306 e. The van der Waals surface area contributed by atoms with Crippen LogP contribution < -0.4 is 5.73 Å². The minimum Gasteiger partial charge on any atom is -0.481 e. The first-order valence-electron chi connectivity index (χ1n) is 7.01. The number of nitrogens with two attached hydrogens (primary N) is 1. The van der Waals surface area contributed by atoms with Crippen molar-refractivity contribution in [1.82, 2.24) is 4.90 Å². The first-order chi connectivity index (χ1) is 10.1. The van der Waals surface area contributed by atoms with Crippen LogP contribution in [-0.4, -0.2) is 47.7 Å². The van der Waals surface area contributed by atoms with Gasteiger partial charge in [0.05, 0.1) is 19.1 Å². The highest BCUT2D eigenvalue weighted by Gasteiger charge is 2.25. The fourth-order valence-electron chi connectivity index (χ4n) is 2.43. The lowest BCUT2D eigenvalue weighted by atomic mass is 10.1. The largest absolute Gasteiger partial charge is 0.481 e. The Morgan fingerprint density at radius 1 is 1.38 bits per heavy atom. The number of aryl methyl sites for hydroxylation is 1. The van der Waals surface area contributed by atoms with Crippen LogP contribution in [0, 0.1) is 0 Å². The summed E-state index contributed by atoms with van der Waals surface area (Å²) in [5.41, 5.74) is 7.50. The van der Waals surface area contributed by atoms with Gasteiger partial charge in [0.1, 0.15) is 0 Å². The maximum atomic E-state index is 12.2. The number of carbonyl (C=O) groups is 2. The van der Waals surface area contributed by atoms with Crippen molar-refractivity contribution < 1.29 is 19.4 Å². The van der Waals surface area contributed by atoms with Gasteiger partial charge in [0.15, 0.2) is 0 Å².